The van der Waals surface area contributed by atoms with Gasteiger partial charge in [0.2, 0.25) is 0 Å². The van der Waals surface area contributed by atoms with E-state index in [-0.39, 0.29) is 5.75 Å². The van der Waals surface area contributed by atoms with Crippen LogP contribution in [0.2, 0.25) is 0 Å². The molecule has 0 aliphatic heterocycles. The highest BCUT2D eigenvalue weighted by atomic mass is 32.1. The lowest BCUT2D eigenvalue weighted by molar-refractivity contribution is -0.274. The molecule has 1 aromatic carbocycles. The SMILES string of the molecule is NNc1nc2ccc(OC(F)(F)F)cc2s1. The van der Waals surface area contributed by atoms with Crippen molar-refractivity contribution in [1.29, 1.82) is 0 Å². The monoisotopic (exact) mass is 249 g/mol. The van der Waals surface area contributed by atoms with Crippen molar-refractivity contribution in [2.75, 3.05) is 5.43 Å². The average Bonchev–Trinajstić information content (AvgIpc) is 2.57. The van der Waals surface area contributed by atoms with Crippen molar-refractivity contribution in [2.24, 2.45) is 5.84 Å². The minimum Gasteiger partial charge on any atom is -0.406 e. The summed E-state index contributed by atoms with van der Waals surface area (Å²) in [6.07, 6.45) is -4.69. The van der Waals surface area contributed by atoms with Gasteiger partial charge in [-0.25, -0.2) is 10.8 Å². The van der Waals surface area contributed by atoms with Gasteiger partial charge >= 0.3 is 6.36 Å². The van der Waals surface area contributed by atoms with E-state index in [4.69, 9.17) is 5.84 Å². The molecule has 0 fully saturated rings. The maximum atomic E-state index is 11.9. The average molecular weight is 249 g/mol. The molecular weight excluding hydrogens is 243 g/mol. The second-order valence-electron chi connectivity index (χ2n) is 2.84. The fourth-order valence-electron chi connectivity index (χ4n) is 1.16. The number of anilines is 1. The van der Waals surface area contributed by atoms with Gasteiger partial charge in [0, 0.05) is 6.07 Å². The van der Waals surface area contributed by atoms with Crippen molar-refractivity contribution in [3.63, 3.8) is 0 Å². The number of hydrogen-bond donors (Lipinski definition) is 2. The molecule has 0 saturated carbocycles. The first kappa shape index (κ1) is 11.0. The Hall–Kier alpha value is -1.54. The summed E-state index contributed by atoms with van der Waals surface area (Å²) in [5.74, 6) is 4.87. The summed E-state index contributed by atoms with van der Waals surface area (Å²) in [6.45, 7) is 0. The first-order valence-electron chi connectivity index (χ1n) is 4.11. The number of nitrogens with one attached hydrogen (secondary N) is 1. The van der Waals surface area contributed by atoms with E-state index in [0.29, 0.717) is 15.3 Å². The molecule has 4 nitrogen and oxygen atoms in total. The van der Waals surface area contributed by atoms with E-state index in [9.17, 15) is 13.2 Å². The number of hydrogen-bond acceptors (Lipinski definition) is 5. The number of nitrogens with zero attached hydrogens (tertiary/aromatic N) is 1. The molecule has 8 heteroatoms. The third-order valence-electron chi connectivity index (χ3n) is 1.72. The number of ether oxygens (including phenoxy) is 1. The molecule has 1 aromatic heterocycles. The Morgan fingerprint density at radius 2 is 2.12 bits per heavy atom. The fraction of sp³-hybridized carbons (Fsp3) is 0.125. The number of thiazole rings is 1. The summed E-state index contributed by atoms with van der Waals surface area (Å²) in [5, 5.41) is 0.430. The largest absolute Gasteiger partial charge is 0.573 e. The molecule has 86 valence electrons. The van der Waals surface area contributed by atoms with Crippen LogP contribution < -0.4 is 16.0 Å². The summed E-state index contributed by atoms with van der Waals surface area (Å²) in [4.78, 5) is 4.01. The molecule has 0 unspecified atom stereocenters. The molecule has 0 aliphatic carbocycles. The van der Waals surface area contributed by atoms with E-state index in [1.807, 2.05) is 0 Å². The highest BCUT2D eigenvalue weighted by molar-refractivity contribution is 7.22. The first-order valence-corrected chi connectivity index (χ1v) is 4.92. The van der Waals surface area contributed by atoms with Crippen LogP contribution >= 0.6 is 11.3 Å². The number of halogens is 3. The maximum absolute atomic E-state index is 11.9. The highest BCUT2D eigenvalue weighted by Crippen LogP contribution is 2.31. The summed E-state index contributed by atoms with van der Waals surface area (Å²) < 4.78 is 40.2. The third kappa shape index (κ3) is 2.34. The normalized spacial score (nSPS) is 11.8. The van der Waals surface area contributed by atoms with Crippen LogP contribution in [0.15, 0.2) is 18.2 Å². The van der Waals surface area contributed by atoms with E-state index < -0.39 is 6.36 Å². The Morgan fingerprint density at radius 3 is 2.75 bits per heavy atom. The van der Waals surface area contributed by atoms with E-state index >= 15 is 0 Å². The molecule has 2 rings (SSSR count). The molecule has 0 bridgehead atoms. The Kier molecular flexibility index (Phi) is 2.60. The van der Waals surface area contributed by atoms with Crippen LogP contribution in [0.5, 0.6) is 5.75 Å². The molecule has 0 amide bonds. The number of benzene rings is 1. The lowest BCUT2D eigenvalue weighted by atomic mass is 10.3. The molecule has 1 heterocycles. The molecule has 2 aromatic rings. The van der Waals surface area contributed by atoms with Gasteiger partial charge in [-0.15, -0.1) is 13.2 Å². The number of nitrogen functional groups attached to an aromatic ring is 1. The van der Waals surface area contributed by atoms with Gasteiger partial charge in [-0.05, 0) is 12.1 Å². The van der Waals surface area contributed by atoms with Gasteiger partial charge in [-0.1, -0.05) is 11.3 Å². The van der Waals surface area contributed by atoms with Crippen LogP contribution in [0.25, 0.3) is 10.2 Å². The van der Waals surface area contributed by atoms with Crippen molar-refractivity contribution < 1.29 is 17.9 Å². The Morgan fingerprint density at radius 1 is 1.38 bits per heavy atom. The van der Waals surface area contributed by atoms with Crippen LogP contribution in [0.1, 0.15) is 0 Å². The standard InChI is InChI=1S/C8H6F3N3OS/c9-8(10,11)15-4-1-2-5-6(3-4)16-7(13-5)14-12/h1-3H,12H2,(H,13,14). The van der Waals surface area contributed by atoms with E-state index in [2.05, 4.69) is 15.1 Å². The summed E-state index contributed by atoms with van der Waals surface area (Å²) >= 11 is 1.14. The third-order valence-corrected chi connectivity index (χ3v) is 2.67. The van der Waals surface area contributed by atoms with Crippen LogP contribution in [0.4, 0.5) is 18.3 Å². The van der Waals surface area contributed by atoms with Crippen LogP contribution in [0, 0.1) is 0 Å². The van der Waals surface area contributed by atoms with Crippen LogP contribution in [0.3, 0.4) is 0 Å². The second-order valence-corrected chi connectivity index (χ2v) is 3.87. The topological polar surface area (TPSA) is 60.2 Å². The number of aromatic nitrogens is 1. The van der Waals surface area contributed by atoms with Gasteiger partial charge in [-0.2, -0.15) is 0 Å². The lowest BCUT2D eigenvalue weighted by Crippen LogP contribution is -2.16. The molecule has 3 N–H and O–H groups in total. The maximum Gasteiger partial charge on any atom is 0.573 e. The zero-order chi connectivity index (χ0) is 11.8. The summed E-state index contributed by atoms with van der Waals surface area (Å²) in [7, 11) is 0. The summed E-state index contributed by atoms with van der Waals surface area (Å²) in [6, 6.07) is 3.91. The summed E-state index contributed by atoms with van der Waals surface area (Å²) in [5.41, 5.74) is 2.89. The molecule has 16 heavy (non-hydrogen) atoms. The Balaban J connectivity index is 2.36. The lowest BCUT2D eigenvalue weighted by Gasteiger charge is -2.07. The zero-order valence-corrected chi connectivity index (χ0v) is 8.52. The second kappa shape index (κ2) is 3.80. The van der Waals surface area contributed by atoms with Gasteiger partial charge in [0.25, 0.3) is 0 Å². The number of rotatable bonds is 2. The first-order chi connectivity index (χ1) is 7.48. The number of hydrazine groups is 1. The Bertz CT molecular complexity index is 511. The van der Waals surface area contributed by atoms with Gasteiger partial charge in [0.15, 0.2) is 5.13 Å². The van der Waals surface area contributed by atoms with Gasteiger partial charge in [-0.3, -0.25) is 5.43 Å². The Labute approximate surface area is 91.8 Å². The molecule has 0 saturated heterocycles. The quantitative estimate of drug-likeness (QED) is 0.634. The van der Waals surface area contributed by atoms with Gasteiger partial charge < -0.3 is 4.74 Å². The molecule has 0 spiro atoms. The molecule has 0 radical (unpaired) electrons. The van der Waals surface area contributed by atoms with Crippen molar-refractivity contribution in [3.8, 4) is 5.75 Å². The fourth-order valence-corrected chi connectivity index (χ4v) is 1.97. The number of nitrogens with two attached hydrogens (primary N) is 1. The van der Waals surface area contributed by atoms with Crippen LogP contribution in [-0.4, -0.2) is 11.3 Å². The highest BCUT2D eigenvalue weighted by Gasteiger charge is 2.31. The van der Waals surface area contributed by atoms with Gasteiger partial charge in [0.05, 0.1) is 10.2 Å². The van der Waals surface area contributed by atoms with Crippen molar-refractivity contribution in [1.82, 2.24) is 4.98 Å². The zero-order valence-electron chi connectivity index (χ0n) is 7.71. The van der Waals surface area contributed by atoms with E-state index in [1.54, 1.807) is 0 Å². The van der Waals surface area contributed by atoms with Gasteiger partial charge in [0.1, 0.15) is 5.75 Å². The smallest absolute Gasteiger partial charge is 0.406 e. The molecule has 0 atom stereocenters. The minimum atomic E-state index is -4.69. The van der Waals surface area contributed by atoms with Crippen molar-refractivity contribution in [2.45, 2.75) is 6.36 Å². The minimum absolute atomic E-state index is 0.271. The predicted molar refractivity (Wildman–Crippen MR) is 54.1 cm³/mol. The van der Waals surface area contributed by atoms with Crippen molar-refractivity contribution >= 4 is 26.7 Å². The van der Waals surface area contributed by atoms with E-state index in [0.717, 1.165) is 11.3 Å². The van der Waals surface area contributed by atoms with E-state index in [1.165, 1.54) is 18.2 Å². The number of alkyl halides is 3. The predicted octanol–water partition coefficient (Wildman–Crippen LogP) is 2.48. The molecule has 0 aliphatic rings. The van der Waals surface area contributed by atoms with Crippen LogP contribution in [-0.2, 0) is 0 Å². The van der Waals surface area contributed by atoms with Crippen molar-refractivity contribution in [3.05, 3.63) is 18.2 Å². The molecular formula is C8H6F3N3OS. The number of fused-ring (bicyclic) bond motifs is 1.